The first-order valence-corrected chi connectivity index (χ1v) is 7.87. The molecular formula is C16H24N4O. The van der Waals surface area contributed by atoms with E-state index in [1.165, 1.54) is 12.8 Å². The molecule has 1 aromatic carbocycles. The lowest BCUT2D eigenvalue weighted by atomic mass is 10.1. The van der Waals surface area contributed by atoms with Gasteiger partial charge in [-0.2, -0.15) is 0 Å². The Hall–Kier alpha value is -1.59. The minimum absolute atomic E-state index is 0.0267. The quantitative estimate of drug-likeness (QED) is 0.781. The van der Waals surface area contributed by atoms with Crippen molar-refractivity contribution in [1.82, 2.24) is 16.2 Å². The third-order valence-electron chi connectivity index (χ3n) is 4.28. The van der Waals surface area contributed by atoms with E-state index < -0.39 is 0 Å². The van der Waals surface area contributed by atoms with E-state index in [-0.39, 0.29) is 5.91 Å². The van der Waals surface area contributed by atoms with Gasteiger partial charge in [-0.3, -0.25) is 15.6 Å². The van der Waals surface area contributed by atoms with Crippen LogP contribution in [0.5, 0.6) is 0 Å². The van der Waals surface area contributed by atoms with E-state index in [0.29, 0.717) is 18.6 Å². The van der Waals surface area contributed by atoms with Crippen LogP contribution in [-0.4, -0.2) is 37.6 Å². The van der Waals surface area contributed by atoms with Gasteiger partial charge in [0.05, 0.1) is 5.56 Å². The predicted octanol–water partition coefficient (Wildman–Crippen LogP) is 1.27. The minimum Gasteiger partial charge on any atom is -0.371 e. The van der Waals surface area contributed by atoms with E-state index in [2.05, 4.69) is 34.1 Å². The van der Waals surface area contributed by atoms with E-state index in [1.54, 1.807) is 0 Å². The third kappa shape index (κ3) is 3.36. The maximum Gasteiger partial charge on any atom is 0.253 e. The van der Waals surface area contributed by atoms with Crippen LogP contribution in [0.3, 0.4) is 0 Å². The monoisotopic (exact) mass is 288 g/mol. The van der Waals surface area contributed by atoms with Crippen LogP contribution in [0.25, 0.3) is 0 Å². The number of hydrogen-bond acceptors (Lipinski definition) is 4. The molecule has 2 heterocycles. The van der Waals surface area contributed by atoms with E-state index in [0.717, 1.165) is 30.8 Å². The smallest absolute Gasteiger partial charge is 0.253 e. The number of benzene rings is 1. The van der Waals surface area contributed by atoms with Crippen molar-refractivity contribution in [2.24, 2.45) is 0 Å². The highest BCUT2D eigenvalue weighted by atomic mass is 16.1. The number of carbonyl (C=O) groups excluding carboxylic acids is 1. The average Bonchev–Trinajstić information content (AvgIpc) is 3.16. The van der Waals surface area contributed by atoms with Crippen LogP contribution in [0.2, 0.25) is 0 Å². The Morgan fingerprint density at radius 1 is 1.29 bits per heavy atom. The highest BCUT2D eigenvalue weighted by molar-refractivity contribution is 5.99. The summed E-state index contributed by atoms with van der Waals surface area (Å²) < 4.78 is 0. The zero-order chi connectivity index (χ0) is 14.7. The topological polar surface area (TPSA) is 56.4 Å². The Bertz CT molecular complexity index is 499. The molecule has 5 heteroatoms. The van der Waals surface area contributed by atoms with Crippen molar-refractivity contribution < 1.29 is 4.79 Å². The Kier molecular flexibility index (Phi) is 4.41. The Balaban J connectivity index is 1.64. The SMILES string of the molecule is CC1CC(CNC(=O)c2ccccc2N2CCCC2)NN1. The first-order valence-electron chi connectivity index (χ1n) is 7.87. The third-order valence-corrected chi connectivity index (χ3v) is 4.28. The molecule has 21 heavy (non-hydrogen) atoms. The van der Waals surface area contributed by atoms with Gasteiger partial charge in [-0.25, -0.2) is 0 Å². The maximum atomic E-state index is 12.5. The van der Waals surface area contributed by atoms with Gasteiger partial charge in [-0.1, -0.05) is 12.1 Å². The number of para-hydroxylation sites is 1. The maximum absolute atomic E-state index is 12.5. The van der Waals surface area contributed by atoms with Gasteiger partial charge in [0.2, 0.25) is 0 Å². The second-order valence-corrected chi connectivity index (χ2v) is 6.04. The fraction of sp³-hybridized carbons (Fsp3) is 0.562. The van der Waals surface area contributed by atoms with Crippen molar-refractivity contribution in [1.29, 1.82) is 0 Å². The molecule has 5 nitrogen and oxygen atoms in total. The van der Waals surface area contributed by atoms with Crippen LogP contribution in [0.4, 0.5) is 5.69 Å². The molecule has 1 aromatic rings. The first kappa shape index (κ1) is 14.4. The molecule has 0 saturated carbocycles. The number of hydrogen-bond donors (Lipinski definition) is 3. The molecule has 2 fully saturated rings. The summed E-state index contributed by atoms with van der Waals surface area (Å²) in [5.41, 5.74) is 8.25. The van der Waals surface area contributed by atoms with Crippen molar-refractivity contribution in [3.05, 3.63) is 29.8 Å². The van der Waals surface area contributed by atoms with Crippen LogP contribution in [0, 0.1) is 0 Å². The Morgan fingerprint density at radius 2 is 2.05 bits per heavy atom. The van der Waals surface area contributed by atoms with Crippen LogP contribution in [0.15, 0.2) is 24.3 Å². The normalized spacial score (nSPS) is 25.3. The molecule has 1 amide bonds. The Morgan fingerprint density at radius 3 is 2.76 bits per heavy atom. The lowest BCUT2D eigenvalue weighted by molar-refractivity contribution is 0.0950. The number of anilines is 1. The second-order valence-electron chi connectivity index (χ2n) is 6.04. The van der Waals surface area contributed by atoms with Gasteiger partial charge in [0, 0.05) is 37.4 Å². The van der Waals surface area contributed by atoms with Crippen molar-refractivity contribution in [3.63, 3.8) is 0 Å². The zero-order valence-corrected chi connectivity index (χ0v) is 12.6. The fourth-order valence-electron chi connectivity index (χ4n) is 3.15. The molecule has 0 bridgehead atoms. The van der Waals surface area contributed by atoms with E-state index in [4.69, 9.17) is 0 Å². The number of carbonyl (C=O) groups is 1. The molecule has 3 N–H and O–H groups in total. The van der Waals surface area contributed by atoms with E-state index >= 15 is 0 Å². The molecule has 0 spiro atoms. The summed E-state index contributed by atoms with van der Waals surface area (Å²) in [6.07, 6.45) is 3.46. The largest absolute Gasteiger partial charge is 0.371 e. The number of amides is 1. The summed E-state index contributed by atoms with van der Waals surface area (Å²) in [6, 6.07) is 8.69. The van der Waals surface area contributed by atoms with E-state index in [1.807, 2.05) is 18.2 Å². The van der Waals surface area contributed by atoms with E-state index in [9.17, 15) is 4.79 Å². The highest BCUT2D eigenvalue weighted by Crippen LogP contribution is 2.24. The number of rotatable bonds is 4. The van der Waals surface area contributed by atoms with Crippen molar-refractivity contribution >= 4 is 11.6 Å². The molecule has 0 aromatic heterocycles. The fourth-order valence-corrected chi connectivity index (χ4v) is 3.15. The molecule has 3 rings (SSSR count). The van der Waals surface area contributed by atoms with Gasteiger partial charge in [-0.15, -0.1) is 0 Å². The van der Waals surface area contributed by atoms with Crippen LogP contribution in [0.1, 0.15) is 36.5 Å². The molecule has 2 atom stereocenters. The molecule has 2 aliphatic rings. The predicted molar refractivity (Wildman–Crippen MR) is 84.4 cm³/mol. The average molecular weight is 288 g/mol. The van der Waals surface area contributed by atoms with Crippen molar-refractivity contribution in [3.8, 4) is 0 Å². The molecule has 2 unspecified atom stereocenters. The van der Waals surface area contributed by atoms with Gasteiger partial charge < -0.3 is 10.2 Å². The highest BCUT2D eigenvalue weighted by Gasteiger charge is 2.22. The van der Waals surface area contributed by atoms with Crippen LogP contribution < -0.4 is 21.1 Å². The van der Waals surface area contributed by atoms with Crippen LogP contribution >= 0.6 is 0 Å². The van der Waals surface area contributed by atoms with Gasteiger partial charge in [0.25, 0.3) is 5.91 Å². The van der Waals surface area contributed by atoms with Crippen molar-refractivity contribution in [2.45, 2.75) is 38.3 Å². The van der Waals surface area contributed by atoms with Gasteiger partial charge in [0.15, 0.2) is 0 Å². The van der Waals surface area contributed by atoms with Crippen molar-refractivity contribution in [2.75, 3.05) is 24.5 Å². The zero-order valence-electron chi connectivity index (χ0n) is 12.6. The summed E-state index contributed by atoms with van der Waals surface area (Å²) in [7, 11) is 0. The summed E-state index contributed by atoms with van der Waals surface area (Å²) in [4.78, 5) is 14.8. The summed E-state index contributed by atoms with van der Waals surface area (Å²) in [5, 5.41) is 3.06. The molecule has 114 valence electrons. The molecule has 0 aliphatic carbocycles. The van der Waals surface area contributed by atoms with Gasteiger partial charge in [0.1, 0.15) is 0 Å². The Labute approximate surface area is 126 Å². The standard InChI is InChI=1S/C16H24N4O/c1-12-10-13(19-18-12)11-17-16(21)14-6-2-3-7-15(14)20-8-4-5-9-20/h2-3,6-7,12-13,18-19H,4-5,8-11H2,1H3,(H,17,21). The minimum atomic E-state index is 0.0267. The summed E-state index contributed by atoms with van der Waals surface area (Å²) in [5.74, 6) is 0.0267. The number of nitrogens with one attached hydrogen (secondary N) is 3. The number of hydrazine groups is 1. The van der Waals surface area contributed by atoms with Gasteiger partial charge >= 0.3 is 0 Å². The summed E-state index contributed by atoms with van der Waals surface area (Å²) in [6.45, 7) is 4.90. The molecule has 0 radical (unpaired) electrons. The summed E-state index contributed by atoms with van der Waals surface area (Å²) >= 11 is 0. The van der Waals surface area contributed by atoms with Gasteiger partial charge in [-0.05, 0) is 38.3 Å². The number of nitrogens with zero attached hydrogens (tertiary/aromatic N) is 1. The lowest BCUT2D eigenvalue weighted by Crippen LogP contribution is -2.40. The first-order chi connectivity index (χ1) is 10.2. The molecule has 2 aliphatic heterocycles. The van der Waals surface area contributed by atoms with Crippen LogP contribution in [-0.2, 0) is 0 Å². The molecule has 2 saturated heterocycles. The lowest BCUT2D eigenvalue weighted by Gasteiger charge is -2.21. The molecular weight excluding hydrogens is 264 g/mol. The second kappa shape index (κ2) is 6.45.